The SMILES string of the molecule is N#C/C(=C\c1cccc(Oc2ccccc2)c1)C(=O)Nc1ccc([N+](=O)[O-])cc1Cl. The zero-order valence-corrected chi connectivity index (χ0v) is 16.2. The molecule has 3 aromatic rings. The van der Waals surface area contributed by atoms with Crippen molar-refractivity contribution in [1.82, 2.24) is 0 Å². The molecule has 1 amide bonds. The fraction of sp³-hybridized carbons (Fsp3) is 0. The van der Waals surface area contributed by atoms with Crippen LogP contribution in [0, 0.1) is 21.4 Å². The van der Waals surface area contributed by atoms with E-state index in [4.69, 9.17) is 16.3 Å². The molecule has 148 valence electrons. The van der Waals surface area contributed by atoms with E-state index < -0.39 is 10.8 Å². The first-order valence-corrected chi connectivity index (χ1v) is 9.04. The van der Waals surface area contributed by atoms with Crippen LogP contribution in [0.2, 0.25) is 5.02 Å². The average molecular weight is 420 g/mol. The number of halogens is 1. The molecule has 8 heteroatoms. The van der Waals surface area contributed by atoms with Gasteiger partial charge in [0.15, 0.2) is 0 Å². The summed E-state index contributed by atoms with van der Waals surface area (Å²) in [5.41, 5.74) is 0.380. The number of nitrogens with zero attached hydrogens (tertiary/aromatic N) is 2. The minimum atomic E-state index is -0.692. The summed E-state index contributed by atoms with van der Waals surface area (Å²) in [6.07, 6.45) is 1.41. The highest BCUT2D eigenvalue weighted by atomic mass is 35.5. The second-order valence-corrected chi connectivity index (χ2v) is 6.44. The Balaban J connectivity index is 1.78. The van der Waals surface area contributed by atoms with Crippen LogP contribution >= 0.6 is 11.6 Å². The van der Waals surface area contributed by atoms with Gasteiger partial charge in [0.2, 0.25) is 0 Å². The summed E-state index contributed by atoms with van der Waals surface area (Å²) in [4.78, 5) is 22.7. The summed E-state index contributed by atoms with van der Waals surface area (Å²) >= 11 is 5.99. The molecule has 0 bridgehead atoms. The van der Waals surface area contributed by atoms with E-state index >= 15 is 0 Å². The van der Waals surface area contributed by atoms with Gasteiger partial charge in [-0.25, -0.2) is 0 Å². The maximum Gasteiger partial charge on any atom is 0.271 e. The zero-order chi connectivity index (χ0) is 21.5. The standard InChI is InChI=1S/C22H14ClN3O4/c23-20-13-17(26(28)29)9-10-21(20)25-22(27)16(14-24)11-15-5-4-8-19(12-15)30-18-6-2-1-3-7-18/h1-13H,(H,25,27)/b16-11+. The summed E-state index contributed by atoms with van der Waals surface area (Å²) in [5, 5.41) is 22.7. The second-order valence-electron chi connectivity index (χ2n) is 6.03. The van der Waals surface area contributed by atoms with Gasteiger partial charge in [-0.3, -0.25) is 14.9 Å². The van der Waals surface area contributed by atoms with Gasteiger partial charge in [0.05, 0.1) is 15.6 Å². The number of nitriles is 1. The average Bonchev–Trinajstić information content (AvgIpc) is 2.74. The third-order valence-corrected chi connectivity index (χ3v) is 4.24. The molecule has 0 fully saturated rings. The van der Waals surface area contributed by atoms with E-state index in [-0.39, 0.29) is 22.0 Å². The van der Waals surface area contributed by atoms with Crippen molar-refractivity contribution in [3.8, 4) is 17.6 Å². The summed E-state index contributed by atoms with van der Waals surface area (Å²) in [7, 11) is 0. The van der Waals surface area contributed by atoms with Gasteiger partial charge >= 0.3 is 0 Å². The number of anilines is 1. The lowest BCUT2D eigenvalue weighted by Gasteiger charge is -2.08. The number of nitrogens with one attached hydrogen (secondary N) is 1. The molecule has 0 radical (unpaired) electrons. The molecule has 0 aliphatic rings. The molecule has 3 aromatic carbocycles. The summed E-state index contributed by atoms with van der Waals surface area (Å²) in [5.74, 6) is 0.512. The molecule has 0 saturated carbocycles. The predicted molar refractivity (Wildman–Crippen MR) is 113 cm³/mol. The third-order valence-electron chi connectivity index (χ3n) is 3.92. The van der Waals surface area contributed by atoms with E-state index in [0.29, 0.717) is 17.1 Å². The lowest BCUT2D eigenvalue weighted by Crippen LogP contribution is -2.13. The van der Waals surface area contributed by atoms with E-state index in [2.05, 4.69) is 5.32 Å². The molecule has 0 heterocycles. The van der Waals surface area contributed by atoms with Crippen LogP contribution in [-0.2, 0) is 4.79 Å². The summed E-state index contributed by atoms with van der Waals surface area (Å²) in [6, 6.07) is 21.6. The Kier molecular flexibility index (Phi) is 6.42. The van der Waals surface area contributed by atoms with Crippen LogP contribution in [-0.4, -0.2) is 10.8 Å². The topological polar surface area (TPSA) is 105 Å². The fourth-order valence-electron chi connectivity index (χ4n) is 2.52. The minimum Gasteiger partial charge on any atom is -0.457 e. The minimum absolute atomic E-state index is 0.00639. The number of hydrogen-bond acceptors (Lipinski definition) is 5. The molecule has 0 unspecified atom stereocenters. The first kappa shape index (κ1) is 20.6. The van der Waals surface area contributed by atoms with Crippen LogP contribution in [0.5, 0.6) is 11.5 Å². The maximum absolute atomic E-state index is 12.5. The van der Waals surface area contributed by atoms with E-state index in [1.807, 2.05) is 36.4 Å². The Morgan fingerprint density at radius 3 is 2.47 bits per heavy atom. The molecule has 0 spiro atoms. The van der Waals surface area contributed by atoms with E-state index in [0.717, 1.165) is 6.07 Å². The van der Waals surface area contributed by atoms with Gasteiger partial charge in [-0.15, -0.1) is 0 Å². The predicted octanol–water partition coefficient (Wildman–Crippen LogP) is 5.59. The highest BCUT2D eigenvalue weighted by Crippen LogP contribution is 2.27. The van der Waals surface area contributed by atoms with Crippen molar-refractivity contribution in [2.45, 2.75) is 0 Å². The van der Waals surface area contributed by atoms with Gasteiger partial charge in [0.1, 0.15) is 23.1 Å². The molecule has 0 atom stereocenters. The van der Waals surface area contributed by atoms with Crippen molar-refractivity contribution >= 4 is 35.0 Å². The van der Waals surface area contributed by atoms with Crippen LogP contribution < -0.4 is 10.1 Å². The van der Waals surface area contributed by atoms with Crippen LogP contribution in [0.25, 0.3) is 6.08 Å². The van der Waals surface area contributed by atoms with Gasteiger partial charge in [0.25, 0.3) is 11.6 Å². The van der Waals surface area contributed by atoms with Crippen molar-refractivity contribution in [1.29, 1.82) is 5.26 Å². The van der Waals surface area contributed by atoms with Crippen molar-refractivity contribution < 1.29 is 14.5 Å². The van der Waals surface area contributed by atoms with Gasteiger partial charge in [0, 0.05) is 12.1 Å². The first-order valence-electron chi connectivity index (χ1n) is 8.66. The third kappa shape index (κ3) is 5.22. The molecule has 0 aliphatic heterocycles. The number of hydrogen-bond donors (Lipinski definition) is 1. The number of benzene rings is 3. The number of nitro benzene ring substituents is 1. The molecule has 0 saturated heterocycles. The van der Waals surface area contributed by atoms with Crippen molar-refractivity contribution in [2.75, 3.05) is 5.32 Å². The van der Waals surface area contributed by atoms with E-state index in [1.165, 1.54) is 18.2 Å². The van der Waals surface area contributed by atoms with Crippen molar-refractivity contribution in [2.24, 2.45) is 0 Å². The number of nitro groups is 1. The Labute approximate surface area is 176 Å². The summed E-state index contributed by atoms with van der Waals surface area (Å²) in [6.45, 7) is 0. The largest absolute Gasteiger partial charge is 0.457 e. The van der Waals surface area contributed by atoms with Gasteiger partial charge in [-0.05, 0) is 42.0 Å². The van der Waals surface area contributed by atoms with Gasteiger partial charge in [-0.1, -0.05) is 41.9 Å². The molecule has 3 rings (SSSR count). The molecule has 0 aliphatic carbocycles. The Bertz CT molecular complexity index is 1170. The van der Waals surface area contributed by atoms with Crippen molar-refractivity contribution in [3.05, 3.63) is 99.1 Å². The maximum atomic E-state index is 12.5. The molecule has 7 nitrogen and oxygen atoms in total. The monoisotopic (exact) mass is 419 g/mol. The van der Waals surface area contributed by atoms with Crippen LogP contribution in [0.15, 0.2) is 78.4 Å². The molecular formula is C22H14ClN3O4. The van der Waals surface area contributed by atoms with Crippen LogP contribution in [0.3, 0.4) is 0 Å². The second kappa shape index (κ2) is 9.37. The summed E-state index contributed by atoms with van der Waals surface area (Å²) < 4.78 is 5.75. The van der Waals surface area contributed by atoms with E-state index in [9.17, 15) is 20.2 Å². The smallest absolute Gasteiger partial charge is 0.271 e. The lowest BCUT2D eigenvalue weighted by atomic mass is 10.1. The van der Waals surface area contributed by atoms with Gasteiger partial charge in [-0.2, -0.15) is 5.26 Å². The zero-order valence-electron chi connectivity index (χ0n) is 15.4. The quantitative estimate of drug-likeness (QED) is 0.243. The highest BCUT2D eigenvalue weighted by molar-refractivity contribution is 6.34. The number of ether oxygens (including phenoxy) is 1. The highest BCUT2D eigenvalue weighted by Gasteiger charge is 2.14. The lowest BCUT2D eigenvalue weighted by molar-refractivity contribution is -0.384. The first-order chi connectivity index (χ1) is 14.5. The molecule has 0 aromatic heterocycles. The van der Waals surface area contributed by atoms with E-state index in [1.54, 1.807) is 24.3 Å². The normalized spacial score (nSPS) is 10.7. The Hall–Kier alpha value is -4.15. The van der Waals surface area contributed by atoms with Crippen LogP contribution in [0.4, 0.5) is 11.4 Å². The van der Waals surface area contributed by atoms with Crippen molar-refractivity contribution in [3.63, 3.8) is 0 Å². The fourth-order valence-corrected chi connectivity index (χ4v) is 2.74. The number of para-hydroxylation sites is 1. The number of carbonyl (C=O) groups excluding carboxylic acids is 1. The number of amides is 1. The molecule has 1 N–H and O–H groups in total. The number of carbonyl (C=O) groups is 1. The van der Waals surface area contributed by atoms with Crippen LogP contribution in [0.1, 0.15) is 5.56 Å². The molecular weight excluding hydrogens is 406 g/mol. The number of rotatable bonds is 6. The Morgan fingerprint density at radius 1 is 1.07 bits per heavy atom. The number of non-ortho nitro benzene ring substituents is 1. The molecule has 30 heavy (non-hydrogen) atoms. The van der Waals surface area contributed by atoms with Gasteiger partial charge < -0.3 is 10.1 Å². The Morgan fingerprint density at radius 2 is 1.80 bits per heavy atom.